The Morgan fingerprint density at radius 2 is 1.92 bits per heavy atom. The third kappa shape index (κ3) is 4.77. The van der Waals surface area contributed by atoms with Gasteiger partial charge in [0, 0.05) is 5.69 Å². The van der Waals surface area contributed by atoms with E-state index in [1.165, 1.54) is 0 Å². The van der Waals surface area contributed by atoms with Crippen LogP contribution < -0.4 is 15.8 Å². The molecule has 2 rings (SSSR count). The highest BCUT2D eigenvalue weighted by molar-refractivity contribution is 5.88. The highest BCUT2D eigenvalue weighted by Gasteiger charge is 2.23. The summed E-state index contributed by atoms with van der Waals surface area (Å²) in [5.74, 6) is 1.02. The normalized spacial score (nSPS) is 16.7. The number of hydrogen-bond donors (Lipinski definition) is 2. The standard InChI is InChI=1S/C18H29N3O3/c1-18(2,3)24-17(22)20-15-11-14(19)13(10-16(15)23-5)12-6-8-21(4)9-7-12/h10-12H,6-9,19H2,1-5H3,(H,20,22). The van der Waals surface area contributed by atoms with Crippen molar-refractivity contribution in [3.8, 4) is 5.75 Å². The number of piperidine rings is 1. The largest absolute Gasteiger partial charge is 0.495 e. The van der Waals surface area contributed by atoms with Crippen LogP contribution in [0.25, 0.3) is 0 Å². The third-order valence-electron chi connectivity index (χ3n) is 4.20. The first-order chi connectivity index (χ1) is 11.2. The van der Waals surface area contributed by atoms with Crippen LogP contribution in [0.15, 0.2) is 12.1 Å². The Labute approximate surface area is 144 Å². The van der Waals surface area contributed by atoms with Gasteiger partial charge in [-0.2, -0.15) is 0 Å². The molecule has 1 aromatic carbocycles. The SMILES string of the molecule is COc1cc(C2CCN(C)CC2)c(N)cc1NC(=O)OC(C)(C)C. The maximum Gasteiger partial charge on any atom is 0.412 e. The van der Waals surface area contributed by atoms with E-state index in [1.54, 1.807) is 13.2 Å². The summed E-state index contributed by atoms with van der Waals surface area (Å²) in [6.07, 6.45) is 1.62. The first-order valence-corrected chi connectivity index (χ1v) is 8.35. The monoisotopic (exact) mass is 335 g/mol. The summed E-state index contributed by atoms with van der Waals surface area (Å²) in [4.78, 5) is 14.3. The molecule has 1 aromatic rings. The molecule has 0 atom stereocenters. The summed E-state index contributed by atoms with van der Waals surface area (Å²) in [6, 6.07) is 3.70. The van der Waals surface area contributed by atoms with Crippen molar-refractivity contribution in [2.24, 2.45) is 0 Å². The zero-order chi connectivity index (χ0) is 17.9. The molecule has 1 heterocycles. The van der Waals surface area contributed by atoms with Crippen LogP contribution in [0, 0.1) is 0 Å². The van der Waals surface area contributed by atoms with Crippen LogP contribution >= 0.6 is 0 Å². The van der Waals surface area contributed by atoms with E-state index in [1.807, 2.05) is 26.8 Å². The molecule has 6 nitrogen and oxygen atoms in total. The number of hydrogen-bond acceptors (Lipinski definition) is 5. The van der Waals surface area contributed by atoms with E-state index in [4.69, 9.17) is 15.2 Å². The first kappa shape index (κ1) is 18.4. The average molecular weight is 335 g/mol. The minimum atomic E-state index is -0.559. The van der Waals surface area contributed by atoms with Gasteiger partial charge >= 0.3 is 6.09 Å². The van der Waals surface area contributed by atoms with Gasteiger partial charge in [-0.25, -0.2) is 4.79 Å². The molecule has 6 heteroatoms. The predicted octanol–water partition coefficient (Wildman–Crippen LogP) is 3.43. The van der Waals surface area contributed by atoms with E-state index in [0.717, 1.165) is 31.5 Å². The summed E-state index contributed by atoms with van der Waals surface area (Å²) in [5, 5.41) is 2.72. The number of rotatable bonds is 3. The van der Waals surface area contributed by atoms with Crippen molar-refractivity contribution in [1.82, 2.24) is 4.90 Å². The molecule has 0 saturated carbocycles. The second-order valence-electron chi connectivity index (χ2n) is 7.39. The number of nitrogens with zero attached hydrogens (tertiary/aromatic N) is 1. The molecule has 24 heavy (non-hydrogen) atoms. The number of methoxy groups -OCH3 is 1. The van der Waals surface area contributed by atoms with Crippen LogP contribution in [0.5, 0.6) is 5.75 Å². The number of carbonyl (C=O) groups excluding carboxylic acids is 1. The lowest BCUT2D eigenvalue weighted by Crippen LogP contribution is -2.29. The molecule has 3 N–H and O–H groups in total. The molecule has 0 aromatic heterocycles. The van der Waals surface area contributed by atoms with Crippen LogP contribution in [0.3, 0.4) is 0 Å². The molecular weight excluding hydrogens is 306 g/mol. The summed E-state index contributed by atoms with van der Waals surface area (Å²) < 4.78 is 10.7. The fraction of sp³-hybridized carbons (Fsp3) is 0.611. The number of likely N-dealkylation sites (tertiary alicyclic amines) is 1. The number of nitrogens with two attached hydrogens (primary N) is 1. The molecule has 0 radical (unpaired) electrons. The van der Waals surface area contributed by atoms with Gasteiger partial charge in [-0.05, 0) is 77.4 Å². The lowest BCUT2D eigenvalue weighted by Gasteiger charge is -2.30. The summed E-state index contributed by atoms with van der Waals surface area (Å²) >= 11 is 0. The van der Waals surface area contributed by atoms with E-state index in [2.05, 4.69) is 17.3 Å². The molecule has 1 saturated heterocycles. The van der Waals surface area contributed by atoms with Gasteiger partial charge in [-0.3, -0.25) is 5.32 Å². The minimum absolute atomic E-state index is 0.422. The van der Waals surface area contributed by atoms with Gasteiger partial charge in [0.1, 0.15) is 11.4 Å². The van der Waals surface area contributed by atoms with Crippen LogP contribution in [-0.2, 0) is 4.74 Å². The number of nitrogens with one attached hydrogen (secondary N) is 1. The van der Waals surface area contributed by atoms with E-state index in [-0.39, 0.29) is 0 Å². The van der Waals surface area contributed by atoms with Crippen molar-refractivity contribution in [2.75, 3.05) is 38.3 Å². The van der Waals surface area contributed by atoms with Crippen molar-refractivity contribution < 1.29 is 14.3 Å². The van der Waals surface area contributed by atoms with Gasteiger partial charge in [0.05, 0.1) is 12.8 Å². The highest BCUT2D eigenvalue weighted by atomic mass is 16.6. The number of anilines is 2. The first-order valence-electron chi connectivity index (χ1n) is 8.35. The van der Waals surface area contributed by atoms with Crippen molar-refractivity contribution in [1.29, 1.82) is 0 Å². The second-order valence-corrected chi connectivity index (χ2v) is 7.39. The number of ether oxygens (including phenoxy) is 2. The minimum Gasteiger partial charge on any atom is -0.495 e. The molecule has 0 spiro atoms. The number of nitrogen functional groups attached to an aromatic ring is 1. The summed E-state index contributed by atoms with van der Waals surface area (Å²) in [6.45, 7) is 7.58. The van der Waals surface area contributed by atoms with Crippen LogP contribution in [0.1, 0.15) is 45.1 Å². The van der Waals surface area contributed by atoms with Gasteiger partial charge in [0.25, 0.3) is 0 Å². The Morgan fingerprint density at radius 3 is 2.46 bits per heavy atom. The summed E-state index contributed by atoms with van der Waals surface area (Å²) in [5.41, 5.74) is 7.99. The van der Waals surface area contributed by atoms with Gasteiger partial charge in [0.2, 0.25) is 0 Å². The average Bonchev–Trinajstić information content (AvgIpc) is 2.46. The molecule has 0 aliphatic carbocycles. The van der Waals surface area contributed by atoms with Gasteiger partial charge in [-0.1, -0.05) is 0 Å². The van der Waals surface area contributed by atoms with Gasteiger partial charge in [-0.15, -0.1) is 0 Å². The fourth-order valence-corrected chi connectivity index (χ4v) is 2.97. The van der Waals surface area contributed by atoms with Crippen LogP contribution in [-0.4, -0.2) is 43.8 Å². The Balaban J connectivity index is 2.19. The van der Waals surface area contributed by atoms with Crippen molar-refractivity contribution in [2.45, 2.75) is 45.1 Å². The third-order valence-corrected chi connectivity index (χ3v) is 4.20. The Bertz CT molecular complexity index is 588. The zero-order valence-electron chi connectivity index (χ0n) is 15.3. The second kappa shape index (κ2) is 7.30. The van der Waals surface area contributed by atoms with E-state index >= 15 is 0 Å². The topological polar surface area (TPSA) is 76.8 Å². The molecule has 1 fully saturated rings. The van der Waals surface area contributed by atoms with Crippen molar-refractivity contribution in [3.05, 3.63) is 17.7 Å². The molecule has 1 aliphatic heterocycles. The van der Waals surface area contributed by atoms with Crippen LogP contribution in [0.4, 0.5) is 16.2 Å². The Kier molecular flexibility index (Phi) is 5.59. The maximum absolute atomic E-state index is 12.0. The number of benzene rings is 1. The Morgan fingerprint density at radius 1 is 1.29 bits per heavy atom. The molecule has 1 aliphatic rings. The van der Waals surface area contributed by atoms with E-state index < -0.39 is 11.7 Å². The fourth-order valence-electron chi connectivity index (χ4n) is 2.97. The highest BCUT2D eigenvalue weighted by Crippen LogP contribution is 2.38. The number of amides is 1. The van der Waals surface area contributed by atoms with Gasteiger partial charge < -0.3 is 20.1 Å². The van der Waals surface area contributed by atoms with Crippen molar-refractivity contribution >= 4 is 17.5 Å². The molecule has 134 valence electrons. The zero-order valence-corrected chi connectivity index (χ0v) is 15.3. The lowest BCUT2D eigenvalue weighted by molar-refractivity contribution is 0.0635. The smallest absolute Gasteiger partial charge is 0.412 e. The van der Waals surface area contributed by atoms with Gasteiger partial charge in [0.15, 0.2) is 0 Å². The lowest BCUT2D eigenvalue weighted by atomic mass is 9.88. The number of carbonyl (C=O) groups is 1. The Hall–Kier alpha value is -1.95. The predicted molar refractivity (Wildman–Crippen MR) is 96.7 cm³/mol. The molecule has 0 bridgehead atoms. The van der Waals surface area contributed by atoms with E-state index in [0.29, 0.717) is 23.0 Å². The van der Waals surface area contributed by atoms with E-state index in [9.17, 15) is 4.79 Å². The van der Waals surface area contributed by atoms with Crippen LogP contribution in [0.2, 0.25) is 0 Å². The van der Waals surface area contributed by atoms with Crippen molar-refractivity contribution in [3.63, 3.8) is 0 Å². The summed E-state index contributed by atoms with van der Waals surface area (Å²) in [7, 11) is 3.72. The molecular formula is C18H29N3O3. The molecule has 0 unspecified atom stereocenters. The maximum atomic E-state index is 12.0. The quantitative estimate of drug-likeness (QED) is 0.828. The molecule has 1 amide bonds.